The second-order valence-corrected chi connectivity index (χ2v) is 10.4. The first-order chi connectivity index (χ1) is 12.7. The Labute approximate surface area is 167 Å². The average molecular weight is 408 g/mol. The number of nitrogens with one attached hydrogen (secondary N) is 1. The largest absolute Gasteiger partial charge is 0.354 e. The van der Waals surface area contributed by atoms with E-state index in [1.165, 1.54) is 51.6 Å². The molecule has 1 amide bonds. The standard InChI is InChI=1S/C20H43N2O4P/c1-6-7-8-9-10-11-12-13-14-15-20(23)21-16-18-25-27(5,24)26-19-17-22(2,3)4/h6-19H2,1-5H3/p+1. The fraction of sp³-hybridized carbons (Fsp3) is 0.950. The van der Waals surface area contributed by atoms with Gasteiger partial charge in [-0.3, -0.25) is 9.36 Å². The van der Waals surface area contributed by atoms with Crippen molar-refractivity contribution in [2.45, 2.75) is 71.1 Å². The van der Waals surface area contributed by atoms with Gasteiger partial charge in [-0.25, -0.2) is 0 Å². The van der Waals surface area contributed by atoms with Crippen LogP contribution in [0.15, 0.2) is 0 Å². The number of quaternary nitrogens is 1. The SMILES string of the molecule is CCCCCCCCCCCC(=O)NCCOP(C)(=O)OCC[N+](C)(C)C. The third kappa shape index (κ3) is 20.1. The summed E-state index contributed by atoms with van der Waals surface area (Å²) >= 11 is 0. The van der Waals surface area contributed by atoms with Crippen molar-refractivity contribution in [3.63, 3.8) is 0 Å². The molecule has 1 unspecified atom stereocenters. The predicted molar refractivity (Wildman–Crippen MR) is 113 cm³/mol. The van der Waals surface area contributed by atoms with Gasteiger partial charge in [0.05, 0.1) is 27.7 Å². The molecular weight excluding hydrogens is 363 g/mol. The molecule has 0 radical (unpaired) electrons. The highest BCUT2D eigenvalue weighted by atomic mass is 31.2. The number of rotatable bonds is 18. The number of hydrogen-bond donors (Lipinski definition) is 1. The summed E-state index contributed by atoms with van der Waals surface area (Å²) < 4.78 is 23.5. The van der Waals surface area contributed by atoms with E-state index in [0.717, 1.165) is 23.9 Å². The van der Waals surface area contributed by atoms with Crippen molar-refractivity contribution in [1.82, 2.24) is 5.32 Å². The minimum Gasteiger partial charge on any atom is -0.354 e. The fourth-order valence-electron chi connectivity index (χ4n) is 2.60. The first kappa shape index (κ1) is 26.6. The van der Waals surface area contributed by atoms with Crippen LogP contribution in [-0.2, 0) is 18.4 Å². The molecule has 6 nitrogen and oxygen atoms in total. The Kier molecular flexibility index (Phi) is 15.3. The van der Waals surface area contributed by atoms with Crippen molar-refractivity contribution in [1.29, 1.82) is 0 Å². The quantitative estimate of drug-likeness (QED) is 0.205. The van der Waals surface area contributed by atoms with Crippen LogP contribution in [0.1, 0.15) is 71.1 Å². The Bertz CT molecular complexity index is 425. The molecule has 0 bridgehead atoms. The summed E-state index contributed by atoms with van der Waals surface area (Å²) in [5.74, 6) is 0.0402. The van der Waals surface area contributed by atoms with Crippen LogP contribution >= 0.6 is 7.60 Å². The molecule has 1 N–H and O–H groups in total. The van der Waals surface area contributed by atoms with Crippen molar-refractivity contribution >= 4 is 13.5 Å². The number of hydrogen-bond acceptors (Lipinski definition) is 4. The van der Waals surface area contributed by atoms with E-state index in [1.54, 1.807) is 0 Å². The van der Waals surface area contributed by atoms with Gasteiger partial charge in [0.15, 0.2) is 0 Å². The highest BCUT2D eigenvalue weighted by Gasteiger charge is 2.18. The van der Waals surface area contributed by atoms with Gasteiger partial charge in [0.1, 0.15) is 13.2 Å². The number of carbonyl (C=O) groups is 1. The summed E-state index contributed by atoms with van der Waals surface area (Å²) in [4.78, 5) is 11.8. The number of likely N-dealkylation sites (N-methyl/N-ethyl adjacent to an activating group) is 1. The summed E-state index contributed by atoms with van der Waals surface area (Å²) in [5.41, 5.74) is 0. The Morgan fingerprint density at radius 2 is 1.41 bits per heavy atom. The number of nitrogens with zero attached hydrogens (tertiary/aromatic N) is 1. The first-order valence-corrected chi connectivity index (χ1v) is 12.6. The lowest BCUT2D eigenvalue weighted by molar-refractivity contribution is -0.870. The van der Waals surface area contributed by atoms with Gasteiger partial charge in [-0.15, -0.1) is 0 Å². The Balaban J connectivity index is 3.53. The second kappa shape index (κ2) is 15.5. The van der Waals surface area contributed by atoms with Crippen molar-refractivity contribution < 1.29 is 22.9 Å². The van der Waals surface area contributed by atoms with E-state index in [-0.39, 0.29) is 12.5 Å². The molecule has 0 saturated heterocycles. The van der Waals surface area contributed by atoms with Crippen molar-refractivity contribution in [3.05, 3.63) is 0 Å². The highest BCUT2D eigenvalue weighted by molar-refractivity contribution is 7.52. The Morgan fingerprint density at radius 1 is 0.889 bits per heavy atom. The minimum absolute atomic E-state index is 0.0402. The summed E-state index contributed by atoms with van der Waals surface area (Å²) in [7, 11) is 3.10. The van der Waals surface area contributed by atoms with Gasteiger partial charge in [-0.1, -0.05) is 58.3 Å². The van der Waals surface area contributed by atoms with Crippen LogP contribution in [0.4, 0.5) is 0 Å². The van der Waals surface area contributed by atoms with Gasteiger partial charge in [0, 0.05) is 19.6 Å². The maximum atomic E-state index is 12.1. The van der Waals surface area contributed by atoms with E-state index in [1.807, 2.05) is 21.1 Å². The molecule has 0 aromatic carbocycles. The Morgan fingerprint density at radius 3 is 1.96 bits per heavy atom. The zero-order valence-corrected chi connectivity index (χ0v) is 19.3. The third-order valence-corrected chi connectivity index (χ3v) is 5.65. The van der Waals surface area contributed by atoms with Crippen LogP contribution < -0.4 is 5.32 Å². The first-order valence-electron chi connectivity index (χ1n) is 10.6. The topological polar surface area (TPSA) is 64.6 Å². The summed E-state index contributed by atoms with van der Waals surface area (Å²) in [6, 6.07) is 0. The fourth-order valence-corrected chi connectivity index (χ4v) is 3.52. The normalized spacial score (nSPS) is 14.1. The Hall–Kier alpha value is -0.420. The van der Waals surface area contributed by atoms with Crippen LogP contribution in [-0.4, -0.2) is 64.5 Å². The van der Waals surface area contributed by atoms with Crippen LogP contribution in [0, 0.1) is 0 Å². The molecule has 0 spiro atoms. The molecular formula is C20H44N2O4P+. The van der Waals surface area contributed by atoms with Crippen molar-refractivity contribution in [3.8, 4) is 0 Å². The monoisotopic (exact) mass is 407 g/mol. The predicted octanol–water partition coefficient (Wildman–Crippen LogP) is 4.59. The van der Waals surface area contributed by atoms with Crippen molar-refractivity contribution in [2.24, 2.45) is 0 Å². The molecule has 0 heterocycles. The number of amides is 1. The summed E-state index contributed by atoms with van der Waals surface area (Å²) in [6.07, 6.45) is 11.7. The molecule has 0 aliphatic rings. The summed E-state index contributed by atoms with van der Waals surface area (Å²) in [6.45, 7) is 5.44. The van der Waals surface area contributed by atoms with Gasteiger partial charge in [-0.05, 0) is 6.42 Å². The van der Waals surface area contributed by atoms with Gasteiger partial charge in [-0.2, -0.15) is 0 Å². The second-order valence-electron chi connectivity index (χ2n) is 8.38. The molecule has 0 rings (SSSR count). The van der Waals surface area contributed by atoms with Crippen molar-refractivity contribution in [2.75, 3.05) is 54.1 Å². The van der Waals surface area contributed by atoms with Crippen LogP contribution in [0.25, 0.3) is 0 Å². The maximum Gasteiger partial charge on any atom is 0.327 e. The molecule has 0 aliphatic carbocycles. The molecule has 162 valence electrons. The smallest absolute Gasteiger partial charge is 0.327 e. The third-order valence-electron chi connectivity index (χ3n) is 4.35. The highest BCUT2D eigenvalue weighted by Crippen LogP contribution is 2.43. The lowest BCUT2D eigenvalue weighted by atomic mass is 10.1. The van der Waals surface area contributed by atoms with Gasteiger partial charge < -0.3 is 18.8 Å². The van der Waals surface area contributed by atoms with E-state index >= 15 is 0 Å². The van der Waals surface area contributed by atoms with E-state index in [9.17, 15) is 9.36 Å². The van der Waals surface area contributed by atoms with Crippen LogP contribution in [0.2, 0.25) is 0 Å². The lowest BCUT2D eigenvalue weighted by Gasteiger charge is -2.24. The molecule has 0 aromatic heterocycles. The number of unbranched alkanes of at least 4 members (excludes halogenated alkanes) is 8. The van der Waals surface area contributed by atoms with Gasteiger partial charge >= 0.3 is 7.60 Å². The van der Waals surface area contributed by atoms with E-state index in [4.69, 9.17) is 9.05 Å². The molecule has 1 atom stereocenters. The summed E-state index contributed by atoms with van der Waals surface area (Å²) in [5, 5.41) is 2.82. The molecule has 0 aromatic rings. The number of carbonyl (C=O) groups excluding carboxylic acids is 1. The molecule has 0 fully saturated rings. The molecule has 0 aliphatic heterocycles. The van der Waals surface area contributed by atoms with E-state index in [2.05, 4.69) is 12.2 Å². The lowest BCUT2D eigenvalue weighted by Crippen LogP contribution is -2.37. The van der Waals surface area contributed by atoms with E-state index < -0.39 is 7.60 Å². The average Bonchev–Trinajstić information content (AvgIpc) is 2.56. The zero-order valence-electron chi connectivity index (χ0n) is 18.4. The van der Waals surface area contributed by atoms with Gasteiger partial charge in [0.25, 0.3) is 0 Å². The van der Waals surface area contributed by atoms with E-state index in [0.29, 0.717) is 19.6 Å². The molecule has 0 saturated carbocycles. The van der Waals surface area contributed by atoms with Crippen LogP contribution in [0.3, 0.4) is 0 Å². The van der Waals surface area contributed by atoms with Crippen LogP contribution in [0.5, 0.6) is 0 Å². The molecule has 27 heavy (non-hydrogen) atoms. The minimum atomic E-state index is -3.04. The molecule has 7 heteroatoms. The van der Waals surface area contributed by atoms with Gasteiger partial charge in [0.2, 0.25) is 5.91 Å². The zero-order chi connectivity index (χ0) is 20.6. The maximum absolute atomic E-state index is 12.1.